The van der Waals surface area contributed by atoms with Gasteiger partial charge in [-0.15, -0.1) is 0 Å². The van der Waals surface area contributed by atoms with Crippen molar-refractivity contribution in [1.29, 1.82) is 0 Å². The van der Waals surface area contributed by atoms with E-state index in [-0.39, 0.29) is 16.9 Å². The summed E-state index contributed by atoms with van der Waals surface area (Å²) in [6.07, 6.45) is 3.85. The molecule has 112 valence electrons. The van der Waals surface area contributed by atoms with E-state index in [1.54, 1.807) is 6.07 Å². The number of rotatable bonds is 5. The molecule has 0 radical (unpaired) electrons. The Morgan fingerprint density at radius 1 is 1.25 bits per heavy atom. The molecule has 0 saturated heterocycles. The van der Waals surface area contributed by atoms with E-state index in [2.05, 4.69) is 0 Å². The largest absolute Gasteiger partial charge is 0.246 e. The van der Waals surface area contributed by atoms with Gasteiger partial charge in [0.1, 0.15) is 10.7 Å². The van der Waals surface area contributed by atoms with Gasteiger partial charge in [0.05, 0.1) is 0 Å². The van der Waals surface area contributed by atoms with Crippen molar-refractivity contribution in [3.63, 3.8) is 0 Å². The van der Waals surface area contributed by atoms with E-state index >= 15 is 0 Å². The van der Waals surface area contributed by atoms with Crippen LogP contribution in [-0.2, 0) is 10.0 Å². The molecular weight excluding hydrogens is 277 g/mol. The lowest BCUT2D eigenvalue weighted by Crippen LogP contribution is -2.41. The molecule has 0 aromatic heterocycles. The predicted molar refractivity (Wildman–Crippen MR) is 77.4 cm³/mol. The van der Waals surface area contributed by atoms with E-state index < -0.39 is 15.8 Å². The molecule has 1 aromatic rings. The van der Waals surface area contributed by atoms with E-state index in [1.165, 1.54) is 22.5 Å². The van der Waals surface area contributed by atoms with Gasteiger partial charge in [0.2, 0.25) is 10.0 Å². The summed E-state index contributed by atoms with van der Waals surface area (Å²) in [4.78, 5) is -0.201. The monoisotopic (exact) mass is 299 g/mol. The zero-order chi connectivity index (χ0) is 14.8. The molecule has 0 heterocycles. The molecule has 2 rings (SSSR count). The van der Waals surface area contributed by atoms with Crippen LogP contribution in [0.2, 0.25) is 0 Å². The maximum atomic E-state index is 13.9. The summed E-state index contributed by atoms with van der Waals surface area (Å²) in [7, 11) is -3.75. The first-order valence-electron chi connectivity index (χ1n) is 7.19. The zero-order valence-corrected chi connectivity index (χ0v) is 12.9. The predicted octanol–water partition coefficient (Wildman–Crippen LogP) is 3.42. The molecule has 0 amide bonds. The molecule has 0 spiro atoms. The summed E-state index contributed by atoms with van der Waals surface area (Å²) >= 11 is 0. The van der Waals surface area contributed by atoms with Crippen LogP contribution < -0.4 is 0 Å². The Labute approximate surface area is 120 Å². The third kappa shape index (κ3) is 3.20. The number of sulfonamides is 1. The highest BCUT2D eigenvalue weighted by molar-refractivity contribution is 7.89. The van der Waals surface area contributed by atoms with Crippen LogP contribution in [0.3, 0.4) is 0 Å². The summed E-state index contributed by atoms with van der Waals surface area (Å²) in [5.74, 6) is -0.448. The van der Waals surface area contributed by atoms with Crippen molar-refractivity contribution in [1.82, 2.24) is 4.31 Å². The maximum Gasteiger partial charge on any atom is 0.246 e. The van der Waals surface area contributed by atoms with E-state index in [1.807, 2.05) is 13.8 Å². The molecule has 3 nitrogen and oxygen atoms in total. The topological polar surface area (TPSA) is 37.4 Å². The molecule has 0 unspecified atom stereocenters. The minimum Gasteiger partial charge on any atom is -0.207 e. The second-order valence-electron chi connectivity index (χ2n) is 5.84. The lowest BCUT2D eigenvalue weighted by atomic mass is 10.2. The maximum absolute atomic E-state index is 13.9. The van der Waals surface area contributed by atoms with Crippen LogP contribution in [0.5, 0.6) is 0 Å². The zero-order valence-electron chi connectivity index (χ0n) is 12.0. The highest BCUT2D eigenvalue weighted by atomic mass is 32.2. The minimum atomic E-state index is -3.75. The number of hydrogen-bond donors (Lipinski definition) is 0. The van der Waals surface area contributed by atoms with Gasteiger partial charge < -0.3 is 0 Å². The van der Waals surface area contributed by atoms with Crippen molar-refractivity contribution < 1.29 is 12.8 Å². The van der Waals surface area contributed by atoms with Gasteiger partial charge >= 0.3 is 0 Å². The lowest BCUT2D eigenvalue weighted by Gasteiger charge is -2.29. The molecule has 1 aromatic carbocycles. The Kier molecular flexibility index (Phi) is 4.81. The van der Waals surface area contributed by atoms with Gasteiger partial charge in [-0.2, -0.15) is 4.31 Å². The number of hydrogen-bond acceptors (Lipinski definition) is 2. The quantitative estimate of drug-likeness (QED) is 0.835. The van der Waals surface area contributed by atoms with Crippen molar-refractivity contribution in [2.75, 3.05) is 6.54 Å². The molecule has 0 bridgehead atoms. The highest BCUT2D eigenvalue weighted by Gasteiger charge is 2.34. The molecule has 20 heavy (non-hydrogen) atoms. The first kappa shape index (κ1) is 15.4. The third-order valence-corrected chi connectivity index (χ3v) is 5.65. The second kappa shape index (κ2) is 6.22. The fourth-order valence-corrected chi connectivity index (χ4v) is 4.69. The number of benzene rings is 1. The molecule has 0 N–H and O–H groups in total. The van der Waals surface area contributed by atoms with Gasteiger partial charge in [-0.05, 0) is 30.9 Å². The van der Waals surface area contributed by atoms with Crippen LogP contribution in [0.25, 0.3) is 0 Å². The van der Waals surface area contributed by atoms with Crippen molar-refractivity contribution in [3.8, 4) is 0 Å². The Morgan fingerprint density at radius 3 is 2.40 bits per heavy atom. The molecule has 0 aliphatic heterocycles. The van der Waals surface area contributed by atoms with Gasteiger partial charge in [0, 0.05) is 12.6 Å². The van der Waals surface area contributed by atoms with E-state index in [0.29, 0.717) is 6.54 Å². The first-order valence-corrected chi connectivity index (χ1v) is 8.63. The Bertz CT molecular complexity index is 551. The van der Waals surface area contributed by atoms with Crippen LogP contribution in [0, 0.1) is 11.7 Å². The van der Waals surface area contributed by atoms with Gasteiger partial charge in [0.15, 0.2) is 0 Å². The third-order valence-electron chi connectivity index (χ3n) is 3.70. The van der Waals surface area contributed by atoms with Crippen LogP contribution >= 0.6 is 0 Å². The average molecular weight is 299 g/mol. The average Bonchev–Trinajstić information content (AvgIpc) is 2.89. The van der Waals surface area contributed by atoms with Gasteiger partial charge in [-0.3, -0.25) is 0 Å². The summed E-state index contributed by atoms with van der Waals surface area (Å²) in [5, 5.41) is 0. The van der Waals surface area contributed by atoms with Crippen molar-refractivity contribution in [3.05, 3.63) is 30.1 Å². The summed E-state index contributed by atoms with van der Waals surface area (Å²) in [5.41, 5.74) is 0. The smallest absolute Gasteiger partial charge is 0.207 e. The molecule has 1 fully saturated rings. The Balaban J connectivity index is 2.38. The fourth-order valence-electron chi connectivity index (χ4n) is 2.78. The van der Waals surface area contributed by atoms with Gasteiger partial charge in [0.25, 0.3) is 0 Å². The van der Waals surface area contributed by atoms with Crippen LogP contribution in [0.1, 0.15) is 39.5 Å². The Hall–Kier alpha value is -0.940. The van der Waals surface area contributed by atoms with Crippen molar-refractivity contribution in [2.24, 2.45) is 5.92 Å². The van der Waals surface area contributed by atoms with Crippen LogP contribution in [0.4, 0.5) is 4.39 Å². The molecule has 1 saturated carbocycles. The molecule has 1 aliphatic rings. The van der Waals surface area contributed by atoms with Crippen molar-refractivity contribution in [2.45, 2.75) is 50.5 Å². The SMILES string of the molecule is CC(C)CN(C1CCCC1)S(=O)(=O)c1ccccc1F. The molecule has 1 aliphatic carbocycles. The van der Waals surface area contributed by atoms with Gasteiger partial charge in [-0.25, -0.2) is 12.8 Å². The van der Waals surface area contributed by atoms with E-state index in [0.717, 1.165) is 25.7 Å². The number of nitrogens with zero attached hydrogens (tertiary/aromatic N) is 1. The normalized spacial score (nSPS) is 17.2. The summed E-state index contributed by atoms with van der Waals surface area (Å²) < 4.78 is 40.9. The lowest BCUT2D eigenvalue weighted by molar-refractivity contribution is 0.291. The van der Waals surface area contributed by atoms with Gasteiger partial charge in [-0.1, -0.05) is 38.8 Å². The molecule has 5 heteroatoms. The van der Waals surface area contributed by atoms with Crippen LogP contribution in [-0.4, -0.2) is 25.3 Å². The summed E-state index contributed by atoms with van der Waals surface area (Å²) in [6.45, 7) is 4.42. The fraction of sp³-hybridized carbons (Fsp3) is 0.600. The van der Waals surface area contributed by atoms with Crippen molar-refractivity contribution >= 4 is 10.0 Å². The van der Waals surface area contributed by atoms with Crippen LogP contribution in [0.15, 0.2) is 29.2 Å². The standard InChI is InChI=1S/C15H22FNO2S/c1-12(2)11-17(13-7-3-4-8-13)20(18,19)15-10-6-5-9-14(15)16/h5-6,9-10,12-13H,3-4,7-8,11H2,1-2H3. The molecule has 0 atom stereocenters. The van der Waals surface area contributed by atoms with E-state index in [9.17, 15) is 12.8 Å². The second-order valence-corrected chi connectivity index (χ2v) is 7.70. The minimum absolute atomic E-state index is 0.0157. The van der Waals surface area contributed by atoms with E-state index in [4.69, 9.17) is 0 Å². The number of halogens is 1. The first-order chi connectivity index (χ1) is 9.43. The molecular formula is C15H22FNO2S. The Morgan fingerprint density at radius 2 is 1.85 bits per heavy atom. The highest BCUT2D eigenvalue weighted by Crippen LogP contribution is 2.30. The summed E-state index contributed by atoms with van der Waals surface area (Å²) in [6, 6.07) is 5.65.